The van der Waals surface area contributed by atoms with E-state index in [2.05, 4.69) is 19.9 Å². The fourth-order valence-electron chi connectivity index (χ4n) is 2.31. The molecule has 0 fully saturated rings. The lowest BCUT2D eigenvalue weighted by Gasteiger charge is -1.92. The number of hydrogen-bond acceptors (Lipinski definition) is 3. The summed E-state index contributed by atoms with van der Waals surface area (Å²) < 4.78 is 0. The van der Waals surface area contributed by atoms with Crippen molar-refractivity contribution >= 4 is 33.9 Å². The lowest BCUT2D eigenvalue weighted by Crippen LogP contribution is -1.86. The Morgan fingerprint density at radius 2 is 1.48 bits per heavy atom. The number of H-pyrrole nitrogens is 2. The Bertz CT molecular complexity index is 898. The van der Waals surface area contributed by atoms with E-state index in [1.54, 1.807) is 6.08 Å². The summed E-state index contributed by atoms with van der Waals surface area (Å²) in [5.41, 5.74) is 3.50. The van der Waals surface area contributed by atoms with E-state index in [-0.39, 0.29) is 5.76 Å². The van der Waals surface area contributed by atoms with Gasteiger partial charge in [-0.15, -0.1) is 0 Å². The quantitative estimate of drug-likeness (QED) is 0.490. The highest BCUT2D eigenvalue weighted by Crippen LogP contribution is 2.18. The van der Waals surface area contributed by atoms with Gasteiger partial charge >= 0.3 is 0 Å². The lowest BCUT2D eigenvalue weighted by molar-refractivity contribution is 0.509. The van der Waals surface area contributed by atoms with E-state index >= 15 is 0 Å². The lowest BCUT2D eigenvalue weighted by atomic mass is 10.3. The molecule has 4 aromatic rings. The summed E-state index contributed by atoms with van der Waals surface area (Å²) in [5, 5.41) is 10.2. The van der Waals surface area contributed by atoms with Crippen molar-refractivity contribution in [3.63, 3.8) is 0 Å². The molecule has 0 radical (unpaired) electrons. The number of nitrogens with zero attached hydrogens (tertiary/aromatic N) is 2. The predicted octanol–water partition coefficient (Wildman–Crippen LogP) is 3.50. The zero-order valence-corrected chi connectivity index (χ0v) is 11.0. The molecule has 0 saturated heterocycles. The molecule has 0 bridgehead atoms. The van der Waals surface area contributed by atoms with Crippen LogP contribution < -0.4 is 0 Å². The Hall–Kier alpha value is -3.08. The van der Waals surface area contributed by atoms with Gasteiger partial charge < -0.3 is 15.1 Å². The maximum absolute atomic E-state index is 10.2. The predicted molar refractivity (Wildman–Crippen MR) is 82.7 cm³/mol. The van der Waals surface area contributed by atoms with Crippen LogP contribution in [0, 0.1) is 0 Å². The Morgan fingerprint density at radius 1 is 0.857 bits per heavy atom. The minimum atomic E-state index is 0.0465. The number of hydrogen-bond donors (Lipinski definition) is 3. The van der Waals surface area contributed by atoms with E-state index in [4.69, 9.17) is 0 Å². The van der Waals surface area contributed by atoms with Crippen LogP contribution in [0.3, 0.4) is 0 Å². The first-order chi connectivity index (χ1) is 10.3. The molecule has 2 aromatic heterocycles. The van der Waals surface area contributed by atoms with Gasteiger partial charge in [0.1, 0.15) is 5.82 Å². The topological polar surface area (TPSA) is 77.6 Å². The summed E-state index contributed by atoms with van der Waals surface area (Å²) in [4.78, 5) is 15.0. The zero-order chi connectivity index (χ0) is 14.2. The zero-order valence-electron chi connectivity index (χ0n) is 11.0. The molecule has 21 heavy (non-hydrogen) atoms. The molecule has 0 aliphatic carbocycles. The van der Waals surface area contributed by atoms with Crippen LogP contribution in [0.5, 0.6) is 0 Å². The third-order valence-corrected chi connectivity index (χ3v) is 3.31. The summed E-state index contributed by atoms with van der Waals surface area (Å²) >= 11 is 0. The second kappa shape index (κ2) is 4.49. The monoisotopic (exact) mass is 276 g/mol. The minimum absolute atomic E-state index is 0.0465. The number of nitrogens with one attached hydrogen (secondary N) is 2. The van der Waals surface area contributed by atoms with Crippen molar-refractivity contribution in [2.45, 2.75) is 0 Å². The van der Waals surface area contributed by atoms with Crippen molar-refractivity contribution < 1.29 is 5.11 Å². The van der Waals surface area contributed by atoms with Gasteiger partial charge in [0, 0.05) is 6.08 Å². The van der Waals surface area contributed by atoms with Crippen LogP contribution in [0.4, 0.5) is 0 Å². The van der Waals surface area contributed by atoms with Crippen LogP contribution in [-0.2, 0) is 0 Å². The number of benzene rings is 2. The second-order valence-electron chi connectivity index (χ2n) is 4.77. The van der Waals surface area contributed by atoms with Gasteiger partial charge in [-0.05, 0) is 24.3 Å². The van der Waals surface area contributed by atoms with Crippen molar-refractivity contribution in [2.24, 2.45) is 0 Å². The smallest absolute Gasteiger partial charge is 0.173 e. The number of aromatic nitrogens is 4. The van der Waals surface area contributed by atoms with Crippen molar-refractivity contribution in [3.8, 4) is 0 Å². The van der Waals surface area contributed by atoms with Crippen LogP contribution in [0.2, 0.25) is 0 Å². The maximum atomic E-state index is 10.2. The van der Waals surface area contributed by atoms with E-state index in [1.807, 2.05) is 48.5 Å². The third kappa shape index (κ3) is 2.04. The van der Waals surface area contributed by atoms with Gasteiger partial charge in [-0.1, -0.05) is 24.3 Å². The SMILES string of the molecule is O/C(=C\c1nc2ccccc2[nH]1)c1nc2ccccc2[nH]1. The van der Waals surface area contributed by atoms with Crippen molar-refractivity contribution in [3.05, 3.63) is 60.2 Å². The molecule has 102 valence electrons. The Morgan fingerprint density at radius 3 is 2.14 bits per heavy atom. The van der Waals surface area contributed by atoms with Gasteiger partial charge in [-0.25, -0.2) is 9.97 Å². The standard InChI is InChI=1S/C16H12N4O/c21-14(16-19-12-7-3-4-8-13(12)20-16)9-15-17-10-5-1-2-6-11(10)18-15/h1-9,21H,(H,17,18)(H,19,20)/b14-9-. The van der Waals surface area contributed by atoms with Crippen molar-refractivity contribution in [2.75, 3.05) is 0 Å². The molecule has 0 aliphatic rings. The number of aromatic amines is 2. The summed E-state index contributed by atoms with van der Waals surface area (Å²) in [6, 6.07) is 15.4. The summed E-state index contributed by atoms with van der Waals surface area (Å²) in [6.45, 7) is 0. The van der Waals surface area contributed by atoms with Gasteiger partial charge in [0.05, 0.1) is 22.1 Å². The number of para-hydroxylation sites is 4. The van der Waals surface area contributed by atoms with Gasteiger partial charge in [0.2, 0.25) is 0 Å². The Kier molecular flexibility index (Phi) is 2.50. The van der Waals surface area contributed by atoms with Crippen molar-refractivity contribution in [1.29, 1.82) is 0 Å². The van der Waals surface area contributed by atoms with Crippen LogP contribution in [0.15, 0.2) is 48.5 Å². The van der Waals surface area contributed by atoms with E-state index in [1.165, 1.54) is 0 Å². The third-order valence-electron chi connectivity index (χ3n) is 3.31. The highest BCUT2D eigenvalue weighted by Gasteiger charge is 2.07. The van der Waals surface area contributed by atoms with E-state index in [9.17, 15) is 5.11 Å². The molecule has 5 nitrogen and oxygen atoms in total. The molecule has 4 rings (SSSR count). The van der Waals surface area contributed by atoms with Crippen LogP contribution in [-0.4, -0.2) is 25.0 Å². The molecule has 5 heteroatoms. The average Bonchev–Trinajstić information content (AvgIpc) is 3.10. The van der Waals surface area contributed by atoms with Gasteiger partial charge in [0.25, 0.3) is 0 Å². The summed E-state index contributed by atoms with van der Waals surface area (Å²) in [6.07, 6.45) is 1.57. The molecular formula is C16H12N4O. The molecule has 2 aromatic carbocycles. The number of rotatable bonds is 2. The van der Waals surface area contributed by atoms with E-state index < -0.39 is 0 Å². The first-order valence-electron chi connectivity index (χ1n) is 6.60. The number of imidazole rings is 2. The molecule has 0 saturated carbocycles. The molecule has 0 aliphatic heterocycles. The molecule has 2 heterocycles. The molecule has 0 unspecified atom stereocenters. The Labute approximate surface area is 120 Å². The maximum Gasteiger partial charge on any atom is 0.173 e. The van der Waals surface area contributed by atoms with Crippen LogP contribution in [0.25, 0.3) is 33.9 Å². The number of aliphatic hydroxyl groups is 1. The first kappa shape index (κ1) is 11.7. The average molecular weight is 276 g/mol. The molecule has 3 N–H and O–H groups in total. The van der Waals surface area contributed by atoms with Gasteiger partial charge in [-0.2, -0.15) is 0 Å². The second-order valence-corrected chi connectivity index (χ2v) is 4.77. The summed E-state index contributed by atoms with van der Waals surface area (Å²) in [7, 11) is 0. The minimum Gasteiger partial charge on any atom is -0.504 e. The van der Waals surface area contributed by atoms with Crippen molar-refractivity contribution in [1.82, 2.24) is 19.9 Å². The number of aliphatic hydroxyl groups excluding tert-OH is 1. The number of fused-ring (bicyclic) bond motifs is 2. The fourth-order valence-corrected chi connectivity index (χ4v) is 2.31. The Balaban J connectivity index is 1.76. The first-order valence-corrected chi connectivity index (χ1v) is 6.60. The highest BCUT2D eigenvalue weighted by molar-refractivity contribution is 5.82. The fraction of sp³-hybridized carbons (Fsp3) is 0. The molecule has 0 atom stereocenters. The normalized spacial score (nSPS) is 12.3. The highest BCUT2D eigenvalue weighted by atomic mass is 16.3. The van der Waals surface area contributed by atoms with Gasteiger partial charge in [-0.3, -0.25) is 0 Å². The van der Waals surface area contributed by atoms with Gasteiger partial charge in [0.15, 0.2) is 11.6 Å². The van der Waals surface area contributed by atoms with Crippen LogP contribution in [0.1, 0.15) is 11.6 Å². The summed E-state index contributed by atoms with van der Waals surface area (Å²) in [5.74, 6) is 1.07. The van der Waals surface area contributed by atoms with Crippen LogP contribution >= 0.6 is 0 Å². The molecule has 0 spiro atoms. The molecule has 0 amide bonds. The van der Waals surface area contributed by atoms with E-state index in [0.717, 1.165) is 22.1 Å². The molecular weight excluding hydrogens is 264 g/mol. The largest absolute Gasteiger partial charge is 0.504 e. The van der Waals surface area contributed by atoms with E-state index in [0.29, 0.717) is 11.6 Å².